The minimum atomic E-state index is -0.184. The molecule has 29 heavy (non-hydrogen) atoms. The standard InChI is InChI=1S/C23H26BrN3O2/c24-18-8-6-7-17(15-18)22(28)25-19-9-10-21(26-11-4-5-12-26)20(16-19)23(29)27-13-2-1-3-14-27/h6-10,15-16H,1-5,11-14H2,(H,25,28). The monoisotopic (exact) mass is 455 g/mol. The van der Waals surface area contributed by atoms with Crippen LogP contribution in [0.25, 0.3) is 0 Å². The molecule has 2 heterocycles. The Morgan fingerprint density at radius 3 is 2.31 bits per heavy atom. The van der Waals surface area contributed by atoms with E-state index in [0.717, 1.165) is 62.0 Å². The summed E-state index contributed by atoms with van der Waals surface area (Å²) in [6.45, 7) is 3.58. The van der Waals surface area contributed by atoms with Gasteiger partial charge >= 0.3 is 0 Å². The minimum Gasteiger partial charge on any atom is -0.371 e. The lowest BCUT2D eigenvalue weighted by Gasteiger charge is -2.29. The first kappa shape index (κ1) is 20.0. The summed E-state index contributed by atoms with van der Waals surface area (Å²) in [4.78, 5) is 30.2. The van der Waals surface area contributed by atoms with E-state index in [1.165, 1.54) is 6.42 Å². The lowest BCUT2D eigenvalue weighted by molar-refractivity contribution is 0.0724. The van der Waals surface area contributed by atoms with Crippen molar-refractivity contribution < 1.29 is 9.59 Å². The third kappa shape index (κ3) is 4.64. The molecule has 152 valence electrons. The summed E-state index contributed by atoms with van der Waals surface area (Å²) in [5.74, 6) is -0.109. The first-order valence-corrected chi connectivity index (χ1v) is 11.2. The highest BCUT2D eigenvalue weighted by Gasteiger charge is 2.25. The van der Waals surface area contributed by atoms with Crippen molar-refractivity contribution in [1.29, 1.82) is 0 Å². The molecule has 0 spiro atoms. The zero-order valence-corrected chi connectivity index (χ0v) is 18.1. The molecule has 0 saturated carbocycles. The number of nitrogens with zero attached hydrogens (tertiary/aromatic N) is 2. The lowest BCUT2D eigenvalue weighted by Crippen LogP contribution is -2.36. The van der Waals surface area contributed by atoms with Gasteiger partial charge in [0.2, 0.25) is 0 Å². The van der Waals surface area contributed by atoms with Gasteiger partial charge in [0.25, 0.3) is 11.8 Å². The molecule has 2 saturated heterocycles. The molecule has 2 aliphatic rings. The van der Waals surface area contributed by atoms with Gasteiger partial charge in [-0.15, -0.1) is 0 Å². The van der Waals surface area contributed by atoms with E-state index in [2.05, 4.69) is 26.1 Å². The van der Waals surface area contributed by atoms with Crippen LogP contribution in [0.5, 0.6) is 0 Å². The van der Waals surface area contributed by atoms with Gasteiger partial charge in [-0.1, -0.05) is 22.0 Å². The van der Waals surface area contributed by atoms with E-state index in [4.69, 9.17) is 0 Å². The molecule has 0 atom stereocenters. The van der Waals surface area contributed by atoms with Crippen molar-refractivity contribution in [3.8, 4) is 0 Å². The van der Waals surface area contributed by atoms with Gasteiger partial charge in [-0.2, -0.15) is 0 Å². The van der Waals surface area contributed by atoms with Gasteiger partial charge < -0.3 is 15.1 Å². The molecule has 2 aromatic carbocycles. The molecule has 2 amide bonds. The predicted octanol–water partition coefficient (Wildman–Crippen LogP) is 4.93. The Hall–Kier alpha value is -2.34. The van der Waals surface area contributed by atoms with Crippen LogP contribution in [0.2, 0.25) is 0 Å². The number of benzene rings is 2. The summed E-state index contributed by atoms with van der Waals surface area (Å²) in [6.07, 6.45) is 5.61. The fraction of sp³-hybridized carbons (Fsp3) is 0.391. The predicted molar refractivity (Wildman–Crippen MR) is 120 cm³/mol. The Bertz CT molecular complexity index is 903. The largest absolute Gasteiger partial charge is 0.371 e. The minimum absolute atomic E-state index is 0.0742. The topological polar surface area (TPSA) is 52.7 Å². The lowest BCUT2D eigenvalue weighted by atomic mass is 10.1. The Morgan fingerprint density at radius 1 is 0.862 bits per heavy atom. The smallest absolute Gasteiger partial charge is 0.256 e. The van der Waals surface area contributed by atoms with Crippen molar-refractivity contribution in [3.05, 3.63) is 58.1 Å². The number of hydrogen-bond acceptors (Lipinski definition) is 3. The average Bonchev–Trinajstić information content (AvgIpc) is 3.28. The fourth-order valence-corrected chi connectivity index (χ4v) is 4.52. The molecule has 0 radical (unpaired) electrons. The number of piperidine rings is 1. The molecule has 1 N–H and O–H groups in total. The van der Waals surface area contributed by atoms with Crippen LogP contribution in [0.15, 0.2) is 46.9 Å². The summed E-state index contributed by atoms with van der Waals surface area (Å²) in [6, 6.07) is 13.0. The average molecular weight is 456 g/mol. The summed E-state index contributed by atoms with van der Waals surface area (Å²) in [7, 11) is 0. The molecule has 6 heteroatoms. The molecule has 5 nitrogen and oxygen atoms in total. The van der Waals surface area contributed by atoms with E-state index >= 15 is 0 Å². The number of carbonyl (C=O) groups is 2. The van der Waals surface area contributed by atoms with Crippen molar-refractivity contribution in [2.75, 3.05) is 36.4 Å². The summed E-state index contributed by atoms with van der Waals surface area (Å²) in [5.41, 5.74) is 2.91. The van der Waals surface area contributed by atoms with Crippen LogP contribution >= 0.6 is 15.9 Å². The van der Waals surface area contributed by atoms with Gasteiger partial charge in [0, 0.05) is 47.6 Å². The van der Waals surface area contributed by atoms with Crippen LogP contribution in [-0.4, -0.2) is 42.9 Å². The van der Waals surface area contributed by atoms with Crippen LogP contribution in [0.4, 0.5) is 11.4 Å². The van der Waals surface area contributed by atoms with Gasteiger partial charge in [-0.05, 0) is 68.5 Å². The maximum atomic E-state index is 13.3. The van der Waals surface area contributed by atoms with Gasteiger partial charge in [0.1, 0.15) is 0 Å². The second-order valence-corrected chi connectivity index (χ2v) is 8.66. The normalized spacial score (nSPS) is 16.7. The fourth-order valence-electron chi connectivity index (χ4n) is 4.12. The quantitative estimate of drug-likeness (QED) is 0.710. The van der Waals surface area contributed by atoms with E-state index in [0.29, 0.717) is 16.8 Å². The van der Waals surface area contributed by atoms with E-state index in [-0.39, 0.29) is 11.8 Å². The Morgan fingerprint density at radius 2 is 1.59 bits per heavy atom. The Balaban J connectivity index is 1.61. The third-order valence-electron chi connectivity index (χ3n) is 5.66. The highest BCUT2D eigenvalue weighted by atomic mass is 79.9. The van der Waals surface area contributed by atoms with Gasteiger partial charge in [0.15, 0.2) is 0 Å². The van der Waals surface area contributed by atoms with E-state index in [9.17, 15) is 9.59 Å². The van der Waals surface area contributed by atoms with Crippen molar-refractivity contribution >= 4 is 39.1 Å². The highest BCUT2D eigenvalue weighted by Crippen LogP contribution is 2.29. The van der Waals surface area contributed by atoms with Gasteiger partial charge in [0.05, 0.1) is 5.56 Å². The van der Waals surface area contributed by atoms with Crippen LogP contribution in [0.3, 0.4) is 0 Å². The van der Waals surface area contributed by atoms with Crippen LogP contribution < -0.4 is 10.2 Å². The molecule has 0 bridgehead atoms. The zero-order valence-electron chi connectivity index (χ0n) is 16.5. The molecule has 0 unspecified atom stereocenters. The number of anilines is 2. The first-order chi connectivity index (χ1) is 14.1. The summed E-state index contributed by atoms with van der Waals surface area (Å²) >= 11 is 3.40. The number of rotatable bonds is 4. The SMILES string of the molecule is O=C(Nc1ccc(N2CCCC2)c(C(=O)N2CCCCC2)c1)c1cccc(Br)c1. The van der Waals surface area contributed by atoms with Gasteiger partial charge in [-0.25, -0.2) is 0 Å². The van der Waals surface area contributed by atoms with E-state index in [1.54, 1.807) is 12.1 Å². The molecular weight excluding hydrogens is 430 g/mol. The van der Waals surface area contributed by atoms with Crippen molar-refractivity contribution in [1.82, 2.24) is 4.90 Å². The zero-order chi connectivity index (χ0) is 20.2. The van der Waals surface area contributed by atoms with Crippen molar-refractivity contribution in [2.24, 2.45) is 0 Å². The van der Waals surface area contributed by atoms with Crippen LogP contribution in [0.1, 0.15) is 52.8 Å². The molecule has 0 aromatic heterocycles. The summed E-state index contributed by atoms with van der Waals surface area (Å²) < 4.78 is 0.857. The van der Waals surface area contributed by atoms with Crippen molar-refractivity contribution in [2.45, 2.75) is 32.1 Å². The maximum absolute atomic E-state index is 13.3. The summed E-state index contributed by atoms with van der Waals surface area (Å²) in [5, 5.41) is 2.95. The molecule has 2 aliphatic heterocycles. The number of nitrogens with one attached hydrogen (secondary N) is 1. The highest BCUT2D eigenvalue weighted by molar-refractivity contribution is 9.10. The number of hydrogen-bond donors (Lipinski definition) is 1. The Kier molecular flexibility index (Phi) is 6.19. The number of halogens is 1. The van der Waals surface area contributed by atoms with Crippen molar-refractivity contribution in [3.63, 3.8) is 0 Å². The maximum Gasteiger partial charge on any atom is 0.256 e. The van der Waals surface area contributed by atoms with Crippen LogP contribution in [-0.2, 0) is 0 Å². The van der Waals surface area contributed by atoms with E-state index < -0.39 is 0 Å². The van der Waals surface area contributed by atoms with E-state index in [1.807, 2.05) is 35.2 Å². The first-order valence-electron chi connectivity index (χ1n) is 10.4. The number of carbonyl (C=O) groups excluding carboxylic acids is 2. The molecule has 4 rings (SSSR count). The molecular formula is C23H26BrN3O2. The second kappa shape index (κ2) is 8.99. The third-order valence-corrected chi connectivity index (χ3v) is 6.15. The Labute approximate surface area is 180 Å². The molecule has 0 aliphatic carbocycles. The molecule has 2 aromatic rings. The number of likely N-dealkylation sites (tertiary alicyclic amines) is 1. The second-order valence-electron chi connectivity index (χ2n) is 7.74. The number of amides is 2. The van der Waals surface area contributed by atoms with Crippen LogP contribution in [0, 0.1) is 0 Å². The van der Waals surface area contributed by atoms with Gasteiger partial charge in [-0.3, -0.25) is 9.59 Å². The molecule has 2 fully saturated rings.